The van der Waals surface area contributed by atoms with E-state index in [2.05, 4.69) is 4.90 Å². The van der Waals surface area contributed by atoms with Crippen molar-refractivity contribution < 1.29 is 49.3 Å². The molecule has 1 heterocycles. The predicted octanol–water partition coefficient (Wildman–Crippen LogP) is -0.577. The Kier molecular flexibility index (Phi) is 6.52. The molecule has 7 rings (SSSR count). The van der Waals surface area contributed by atoms with Gasteiger partial charge in [0.05, 0.1) is 30.5 Å². The van der Waals surface area contributed by atoms with Gasteiger partial charge in [-0.2, -0.15) is 0 Å². The van der Waals surface area contributed by atoms with E-state index in [4.69, 9.17) is 18.9 Å². The summed E-state index contributed by atoms with van der Waals surface area (Å²) < 4.78 is 24.4. The highest BCUT2D eigenvalue weighted by molar-refractivity contribution is 5.89. The van der Waals surface area contributed by atoms with Crippen molar-refractivity contribution in [2.45, 2.75) is 73.6 Å². The molecular weight excluding hydrogens is 546 g/mol. The number of fused-ring (bicyclic) bond motifs is 2. The number of ether oxygens (including phenoxy) is 4. The van der Waals surface area contributed by atoms with E-state index in [0.717, 1.165) is 0 Å². The molecule has 1 aromatic rings. The topological polar surface area (TPSA) is 158 Å². The van der Waals surface area contributed by atoms with Crippen molar-refractivity contribution in [1.82, 2.24) is 4.90 Å². The maximum atomic E-state index is 13.4. The third-order valence-electron chi connectivity index (χ3n) is 12.7. The smallest absolute Gasteiger partial charge is 0.338 e. The number of piperidine rings is 1. The highest BCUT2D eigenvalue weighted by Crippen LogP contribution is 2.80. The zero-order valence-corrected chi connectivity index (χ0v) is 24.5. The lowest BCUT2D eigenvalue weighted by Gasteiger charge is -2.70. The van der Waals surface area contributed by atoms with E-state index < -0.39 is 82.4 Å². The van der Waals surface area contributed by atoms with Crippen molar-refractivity contribution >= 4 is 5.97 Å². The van der Waals surface area contributed by atoms with E-state index in [0.29, 0.717) is 19.5 Å². The summed E-state index contributed by atoms with van der Waals surface area (Å²) in [7, 11) is 4.80. The number of hydrogen-bond acceptors (Lipinski definition) is 11. The molecular formula is C31H43NO10. The van der Waals surface area contributed by atoms with E-state index in [-0.39, 0.29) is 30.6 Å². The number of hydrogen-bond donors (Lipinski definition) is 5. The monoisotopic (exact) mass is 589 g/mol. The predicted molar refractivity (Wildman–Crippen MR) is 146 cm³/mol. The van der Waals surface area contributed by atoms with Gasteiger partial charge in [-0.05, 0) is 31.0 Å². The van der Waals surface area contributed by atoms with Crippen LogP contribution in [0.4, 0.5) is 0 Å². The number of rotatable bonds is 7. The SMILES string of the molecule is CCN1C[C@]2(COC)[C@H](O)C[C@H](OC)[C@]34C1[C@H]([C@H](OC)[C@H]23)[C@]1(O)[C@H]2[C@@H](OC(=O)c3ccccc3)[C@](O)(C[C@H]24)[C@@H](O)[C@@H]1O. The van der Waals surface area contributed by atoms with Gasteiger partial charge in [-0.1, -0.05) is 25.1 Å². The van der Waals surface area contributed by atoms with E-state index in [1.807, 2.05) is 6.92 Å². The number of carbonyl (C=O) groups is 1. The van der Waals surface area contributed by atoms with Crippen LogP contribution in [0.1, 0.15) is 30.1 Å². The highest BCUT2D eigenvalue weighted by Gasteiger charge is 2.91. The number of aliphatic hydroxyl groups excluding tert-OH is 3. The van der Waals surface area contributed by atoms with Crippen molar-refractivity contribution in [3.63, 3.8) is 0 Å². The molecule has 5 saturated carbocycles. The summed E-state index contributed by atoms with van der Waals surface area (Å²) in [4.78, 5) is 15.7. The number of benzene rings is 1. The fraction of sp³-hybridized carbons (Fsp3) is 0.774. The van der Waals surface area contributed by atoms with Crippen LogP contribution in [0.5, 0.6) is 0 Å². The summed E-state index contributed by atoms with van der Waals surface area (Å²) >= 11 is 0. The van der Waals surface area contributed by atoms with Crippen LogP contribution in [0.25, 0.3) is 0 Å². The molecule has 5 N–H and O–H groups in total. The van der Waals surface area contributed by atoms with Crippen LogP contribution in [0.3, 0.4) is 0 Å². The third-order valence-corrected chi connectivity index (χ3v) is 12.7. The van der Waals surface area contributed by atoms with Gasteiger partial charge >= 0.3 is 5.97 Å². The first-order chi connectivity index (χ1) is 20.0. The van der Waals surface area contributed by atoms with Gasteiger partial charge < -0.3 is 44.5 Å². The van der Waals surface area contributed by atoms with Gasteiger partial charge in [0.1, 0.15) is 29.5 Å². The molecule has 6 fully saturated rings. The second kappa shape index (κ2) is 9.42. The van der Waals surface area contributed by atoms with Crippen molar-refractivity contribution in [1.29, 1.82) is 0 Å². The average molecular weight is 590 g/mol. The number of esters is 1. The number of methoxy groups -OCH3 is 3. The van der Waals surface area contributed by atoms with E-state index in [9.17, 15) is 30.3 Å². The second-order valence-corrected chi connectivity index (χ2v) is 13.7. The van der Waals surface area contributed by atoms with E-state index in [1.54, 1.807) is 51.7 Å². The first-order valence-corrected chi connectivity index (χ1v) is 15.1. The molecule has 1 saturated heterocycles. The van der Waals surface area contributed by atoms with Crippen molar-refractivity contribution in [3.05, 3.63) is 35.9 Å². The van der Waals surface area contributed by atoms with Gasteiger partial charge in [-0.3, -0.25) is 4.90 Å². The van der Waals surface area contributed by atoms with Crippen LogP contribution in [0.2, 0.25) is 0 Å². The quantitative estimate of drug-likeness (QED) is 0.259. The Hall–Kier alpha value is -1.67. The molecule has 1 spiro atoms. The Bertz CT molecular complexity index is 1240. The van der Waals surface area contributed by atoms with Crippen LogP contribution >= 0.6 is 0 Å². The highest BCUT2D eigenvalue weighted by atomic mass is 16.6. The molecule has 11 heteroatoms. The molecule has 1 aromatic carbocycles. The van der Waals surface area contributed by atoms with Gasteiger partial charge in [0, 0.05) is 68.9 Å². The zero-order valence-electron chi connectivity index (χ0n) is 24.5. The molecule has 0 radical (unpaired) electrons. The minimum Gasteiger partial charge on any atom is -0.455 e. The van der Waals surface area contributed by atoms with Crippen molar-refractivity contribution in [3.8, 4) is 0 Å². The summed E-state index contributed by atoms with van der Waals surface area (Å²) in [6.45, 7) is 3.34. The molecule has 5 aliphatic carbocycles. The Morgan fingerprint density at radius 2 is 1.74 bits per heavy atom. The van der Waals surface area contributed by atoms with Crippen LogP contribution in [0.15, 0.2) is 30.3 Å². The molecule has 0 aromatic heterocycles. The Labute approximate surface area is 245 Å². The summed E-state index contributed by atoms with van der Waals surface area (Å²) in [6, 6.07) is 8.03. The van der Waals surface area contributed by atoms with E-state index >= 15 is 0 Å². The number of carbonyl (C=O) groups excluding carboxylic acids is 1. The lowest BCUT2D eigenvalue weighted by Crippen LogP contribution is -2.81. The molecule has 42 heavy (non-hydrogen) atoms. The van der Waals surface area contributed by atoms with Crippen LogP contribution in [-0.4, -0.2) is 131 Å². The molecule has 11 nitrogen and oxygen atoms in total. The van der Waals surface area contributed by atoms with Gasteiger partial charge in [0.2, 0.25) is 0 Å². The Morgan fingerprint density at radius 1 is 1.02 bits per heavy atom. The van der Waals surface area contributed by atoms with Crippen LogP contribution in [-0.2, 0) is 18.9 Å². The Balaban J connectivity index is 1.47. The maximum absolute atomic E-state index is 13.4. The summed E-state index contributed by atoms with van der Waals surface area (Å²) in [5.41, 5.74) is -5.30. The molecule has 0 amide bonds. The minimum atomic E-state index is -2.02. The number of nitrogens with zero attached hydrogens (tertiary/aromatic N) is 1. The minimum absolute atomic E-state index is 0.0301. The van der Waals surface area contributed by atoms with Crippen LogP contribution in [0, 0.1) is 34.5 Å². The number of aliphatic hydroxyl groups is 5. The lowest BCUT2D eigenvalue weighted by atomic mass is 9.42. The average Bonchev–Trinajstić information content (AvgIpc) is 3.38. The molecule has 7 bridgehead atoms. The number of likely N-dealkylation sites (tertiary alicyclic amines) is 1. The molecule has 15 atom stereocenters. The summed E-state index contributed by atoms with van der Waals surface area (Å²) in [6.07, 6.45) is -6.48. The fourth-order valence-corrected chi connectivity index (χ4v) is 11.6. The largest absolute Gasteiger partial charge is 0.455 e. The summed E-state index contributed by atoms with van der Waals surface area (Å²) in [5.74, 6) is -3.29. The van der Waals surface area contributed by atoms with Crippen molar-refractivity contribution in [2.75, 3.05) is 41.0 Å². The standard InChI is InChI=1S/C31H43NO10/c1-5-32-13-28(14-39-2)17(33)11-18(40-3)30-16-12-29(37)24(34)25(35)31(38,20(23(30)32)21(41-4)22(28)30)19(16)26(29)42-27(36)15-9-7-6-8-10-15/h6-10,16-26,33-35,37-38H,5,11-14H2,1-4H3/t16-,17-,18+,19-,20+,21+,22-,23?,24+,25+,26-,28+,29+,30+,31-/m1/s1. The van der Waals surface area contributed by atoms with E-state index in [1.165, 1.54) is 0 Å². The Morgan fingerprint density at radius 3 is 2.36 bits per heavy atom. The lowest BCUT2D eigenvalue weighted by molar-refractivity contribution is -0.318. The van der Waals surface area contributed by atoms with Gasteiger partial charge in [-0.15, -0.1) is 0 Å². The maximum Gasteiger partial charge on any atom is 0.338 e. The third kappa shape index (κ3) is 3.05. The molecule has 6 aliphatic rings. The van der Waals surface area contributed by atoms with Gasteiger partial charge in [0.25, 0.3) is 0 Å². The fourth-order valence-electron chi connectivity index (χ4n) is 11.6. The molecule has 1 aliphatic heterocycles. The molecule has 232 valence electrons. The van der Waals surface area contributed by atoms with Crippen LogP contribution < -0.4 is 0 Å². The first kappa shape index (κ1) is 29.1. The normalized spacial score (nSPS) is 53.7. The van der Waals surface area contributed by atoms with Gasteiger partial charge in [0.15, 0.2) is 0 Å². The first-order valence-electron chi connectivity index (χ1n) is 15.1. The van der Waals surface area contributed by atoms with Crippen molar-refractivity contribution in [2.24, 2.45) is 34.5 Å². The second-order valence-electron chi connectivity index (χ2n) is 13.7. The summed E-state index contributed by atoms with van der Waals surface area (Å²) in [5, 5.41) is 60.4. The van der Waals surface area contributed by atoms with Gasteiger partial charge in [-0.25, -0.2) is 4.79 Å². The molecule has 1 unspecified atom stereocenters. The zero-order chi connectivity index (χ0) is 30.0.